The highest BCUT2D eigenvalue weighted by molar-refractivity contribution is 5.75. The molecule has 0 aromatic heterocycles. The van der Waals surface area contributed by atoms with Crippen molar-refractivity contribution in [2.45, 2.75) is 12.8 Å². The molecule has 1 rings (SSSR count). The van der Waals surface area contributed by atoms with Gasteiger partial charge in [-0.1, -0.05) is 36.4 Å². The van der Waals surface area contributed by atoms with Gasteiger partial charge in [0.15, 0.2) is 0 Å². The summed E-state index contributed by atoms with van der Waals surface area (Å²) in [6, 6.07) is 12.0. The average Bonchev–Trinajstić information content (AvgIpc) is 2.18. The van der Waals surface area contributed by atoms with E-state index in [2.05, 4.69) is 0 Å². The molecule has 0 fully saturated rings. The third kappa shape index (κ3) is 10.2. The number of rotatable bonds is 3. The molecule has 0 atom stereocenters. The first kappa shape index (κ1) is 12.2. The first-order valence-electron chi connectivity index (χ1n) is 4.06. The molecule has 4 nitrogen and oxygen atoms in total. The Morgan fingerprint density at radius 3 is 1.07 bits per heavy atom. The van der Waals surface area contributed by atoms with Crippen molar-refractivity contribution in [2.75, 3.05) is 0 Å². The second-order valence-electron chi connectivity index (χ2n) is 2.44. The van der Waals surface area contributed by atoms with Gasteiger partial charge >= 0.3 is 11.9 Å². The second kappa shape index (κ2) is 7.79. The van der Waals surface area contributed by atoms with Gasteiger partial charge in [-0.05, 0) is 0 Å². The summed E-state index contributed by atoms with van der Waals surface area (Å²) in [6.45, 7) is 0. The fourth-order valence-electron chi connectivity index (χ4n) is 0.599. The summed E-state index contributed by atoms with van der Waals surface area (Å²) < 4.78 is 0. The molecule has 0 aliphatic heterocycles. The summed E-state index contributed by atoms with van der Waals surface area (Å²) in [5.41, 5.74) is 0. The number of benzene rings is 1. The number of carboxylic acids is 2. The molecule has 14 heavy (non-hydrogen) atoms. The van der Waals surface area contributed by atoms with Gasteiger partial charge in [0, 0.05) is 0 Å². The van der Waals surface area contributed by atoms with E-state index in [1.807, 2.05) is 36.4 Å². The first-order chi connectivity index (χ1) is 6.63. The molecule has 76 valence electrons. The molecule has 4 heteroatoms. The molecule has 0 spiro atoms. The maximum absolute atomic E-state index is 9.64. The summed E-state index contributed by atoms with van der Waals surface area (Å²) in [7, 11) is 0. The van der Waals surface area contributed by atoms with E-state index in [-0.39, 0.29) is 12.8 Å². The van der Waals surface area contributed by atoms with E-state index in [4.69, 9.17) is 10.2 Å². The van der Waals surface area contributed by atoms with Crippen molar-refractivity contribution in [3.8, 4) is 0 Å². The highest BCUT2D eigenvalue weighted by Crippen LogP contribution is 1.86. The Labute approximate surface area is 81.8 Å². The predicted octanol–water partition coefficient (Wildman–Crippen LogP) is 1.62. The summed E-state index contributed by atoms with van der Waals surface area (Å²) in [5, 5.41) is 15.8. The monoisotopic (exact) mass is 196 g/mol. The Hall–Kier alpha value is -1.84. The maximum atomic E-state index is 9.64. The van der Waals surface area contributed by atoms with Crippen LogP contribution >= 0.6 is 0 Å². The zero-order chi connectivity index (χ0) is 10.8. The molecule has 0 bridgehead atoms. The minimum absolute atomic E-state index is 0.296. The van der Waals surface area contributed by atoms with Crippen molar-refractivity contribution in [1.29, 1.82) is 0 Å². The normalized spacial score (nSPS) is 8.29. The zero-order valence-corrected chi connectivity index (χ0v) is 7.59. The van der Waals surface area contributed by atoms with E-state index in [0.29, 0.717) is 0 Å². The van der Waals surface area contributed by atoms with Crippen LogP contribution in [0.4, 0.5) is 0 Å². The van der Waals surface area contributed by atoms with Gasteiger partial charge in [0.2, 0.25) is 0 Å². The average molecular weight is 196 g/mol. The quantitative estimate of drug-likeness (QED) is 0.770. The lowest BCUT2D eigenvalue weighted by atomic mass is 10.3. The summed E-state index contributed by atoms with van der Waals surface area (Å²) in [6.07, 6.45) is -0.593. The van der Waals surface area contributed by atoms with Crippen LogP contribution in [0.5, 0.6) is 0 Å². The van der Waals surface area contributed by atoms with Crippen LogP contribution < -0.4 is 0 Å². The fraction of sp³-hybridized carbons (Fsp3) is 0.200. The molecule has 1 aromatic carbocycles. The highest BCUT2D eigenvalue weighted by Gasteiger charge is 2.00. The van der Waals surface area contributed by atoms with E-state index in [0.717, 1.165) is 0 Å². The Balaban J connectivity index is 0.000000249. The number of hydrogen-bond acceptors (Lipinski definition) is 2. The molecule has 0 saturated carbocycles. The molecule has 0 heterocycles. The second-order valence-corrected chi connectivity index (χ2v) is 2.44. The third-order valence-corrected chi connectivity index (χ3v) is 1.22. The molecule has 0 unspecified atom stereocenters. The maximum Gasteiger partial charge on any atom is 0.303 e. The number of carbonyl (C=O) groups is 2. The lowest BCUT2D eigenvalue weighted by molar-refractivity contribution is -0.143. The molecular weight excluding hydrogens is 184 g/mol. The third-order valence-electron chi connectivity index (χ3n) is 1.22. The van der Waals surface area contributed by atoms with Gasteiger partial charge in [-0.3, -0.25) is 9.59 Å². The molecule has 2 N–H and O–H groups in total. The number of hydrogen-bond donors (Lipinski definition) is 2. The summed E-state index contributed by atoms with van der Waals surface area (Å²) in [4.78, 5) is 19.3. The number of carboxylic acid groups (broad SMARTS) is 2. The lowest BCUT2D eigenvalue weighted by Crippen LogP contribution is -2.00. The fourth-order valence-corrected chi connectivity index (χ4v) is 0.599. The van der Waals surface area contributed by atoms with Crippen LogP contribution in [0, 0.1) is 0 Å². The molecule has 0 amide bonds. The summed E-state index contributed by atoms with van der Waals surface area (Å²) >= 11 is 0. The predicted molar refractivity (Wildman–Crippen MR) is 50.9 cm³/mol. The Morgan fingerprint density at radius 1 is 0.714 bits per heavy atom. The van der Waals surface area contributed by atoms with Crippen molar-refractivity contribution in [3.05, 3.63) is 36.4 Å². The van der Waals surface area contributed by atoms with Gasteiger partial charge in [-0.25, -0.2) is 0 Å². The Bertz CT molecular complexity index is 228. The largest absolute Gasteiger partial charge is 0.481 e. The molecule has 1 aromatic rings. The van der Waals surface area contributed by atoms with E-state index in [1.54, 1.807) is 0 Å². The van der Waals surface area contributed by atoms with Crippen LogP contribution in [0.1, 0.15) is 12.8 Å². The van der Waals surface area contributed by atoms with Gasteiger partial charge < -0.3 is 10.2 Å². The van der Waals surface area contributed by atoms with Crippen LogP contribution in [-0.2, 0) is 9.59 Å². The van der Waals surface area contributed by atoms with E-state index in [1.165, 1.54) is 0 Å². The Morgan fingerprint density at radius 2 is 0.929 bits per heavy atom. The van der Waals surface area contributed by atoms with Crippen molar-refractivity contribution < 1.29 is 19.8 Å². The van der Waals surface area contributed by atoms with Crippen molar-refractivity contribution in [3.63, 3.8) is 0 Å². The van der Waals surface area contributed by atoms with Crippen molar-refractivity contribution in [1.82, 2.24) is 0 Å². The first-order valence-corrected chi connectivity index (χ1v) is 4.06. The van der Waals surface area contributed by atoms with E-state index in [9.17, 15) is 9.59 Å². The molecule has 0 radical (unpaired) electrons. The molecule has 0 saturated heterocycles. The van der Waals surface area contributed by atoms with Gasteiger partial charge in [0.05, 0.1) is 12.8 Å². The van der Waals surface area contributed by atoms with Crippen LogP contribution in [0.15, 0.2) is 36.4 Å². The lowest BCUT2D eigenvalue weighted by Gasteiger charge is -1.85. The smallest absolute Gasteiger partial charge is 0.303 e. The van der Waals surface area contributed by atoms with Crippen LogP contribution in [0.2, 0.25) is 0 Å². The summed E-state index contributed by atoms with van der Waals surface area (Å²) in [5.74, 6) is -2.15. The van der Waals surface area contributed by atoms with Crippen LogP contribution in [0.25, 0.3) is 0 Å². The minimum Gasteiger partial charge on any atom is -0.481 e. The molecule has 0 aliphatic rings. The Kier molecular flexibility index (Phi) is 6.77. The van der Waals surface area contributed by atoms with Gasteiger partial charge in [-0.15, -0.1) is 0 Å². The van der Waals surface area contributed by atoms with E-state index >= 15 is 0 Å². The highest BCUT2D eigenvalue weighted by atomic mass is 16.4. The SMILES string of the molecule is O=C(O)CCC(=O)O.c1ccccc1. The molecule has 0 aliphatic carbocycles. The van der Waals surface area contributed by atoms with Gasteiger partial charge in [0.25, 0.3) is 0 Å². The van der Waals surface area contributed by atoms with Gasteiger partial charge in [-0.2, -0.15) is 0 Å². The standard InChI is InChI=1S/C6H6.C4H6O4/c1-2-4-6-5-3-1;5-3(6)1-2-4(7)8/h1-6H;1-2H2,(H,5,6)(H,7,8). The van der Waals surface area contributed by atoms with Crippen molar-refractivity contribution in [2.24, 2.45) is 0 Å². The zero-order valence-electron chi connectivity index (χ0n) is 7.59. The number of aliphatic carboxylic acids is 2. The van der Waals surface area contributed by atoms with Crippen LogP contribution in [-0.4, -0.2) is 22.2 Å². The molecular formula is C10H12O4. The van der Waals surface area contributed by atoms with Crippen molar-refractivity contribution >= 4 is 11.9 Å². The minimum atomic E-state index is -1.08. The van der Waals surface area contributed by atoms with Crippen LogP contribution in [0.3, 0.4) is 0 Å². The van der Waals surface area contributed by atoms with Gasteiger partial charge in [0.1, 0.15) is 0 Å². The van der Waals surface area contributed by atoms with E-state index < -0.39 is 11.9 Å². The topological polar surface area (TPSA) is 74.6 Å².